The molecule has 0 aliphatic carbocycles. The van der Waals surface area contributed by atoms with E-state index in [2.05, 4.69) is 68.5 Å². The summed E-state index contributed by atoms with van der Waals surface area (Å²) in [6, 6.07) is 0. The maximum Gasteiger partial charge on any atom is 0.429 e. The number of aromatic hydroxyl groups is 1. The predicted octanol–water partition coefficient (Wildman–Crippen LogP) is 3.49. The molecular weight excluding hydrogens is 582 g/mol. The monoisotopic (exact) mass is 579 g/mol. The largest absolute Gasteiger partial charge is 0.743 e. The number of phenols is 1. The lowest BCUT2D eigenvalue weighted by Crippen LogP contribution is -2.40. The van der Waals surface area contributed by atoms with E-state index in [0.717, 1.165) is 0 Å². The Balaban J connectivity index is 3.37. The minimum atomic E-state index is -6.24. The second-order valence-electron chi connectivity index (χ2n) is 3.29. The van der Waals surface area contributed by atoms with Crippen molar-refractivity contribution in [1.82, 2.24) is 0 Å². The molecule has 0 radical (unpaired) electrons. The molecule has 0 atom stereocenters. The number of esters is 1. The van der Waals surface area contributed by atoms with Gasteiger partial charge in [0.05, 0.1) is 17.9 Å². The first kappa shape index (κ1) is 19.2. The van der Waals surface area contributed by atoms with Crippen LogP contribution >= 0.6 is 63.7 Å². The summed E-state index contributed by atoms with van der Waals surface area (Å²) in [5.74, 6) is -3.50. The summed E-state index contributed by atoms with van der Waals surface area (Å²) >= 11 is 11.5. The lowest BCUT2D eigenvalue weighted by atomic mass is 10.3. The molecule has 0 heterocycles. The van der Waals surface area contributed by atoms with Crippen LogP contribution in [0, 0.1) is 0 Å². The fourth-order valence-electron chi connectivity index (χ4n) is 0.944. The van der Waals surface area contributed by atoms with Crippen LogP contribution in [0.5, 0.6) is 11.5 Å². The van der Waals surface area contributed by atoms with Crippen LogP contribution in [0.3, 0.4) is 0 Å². The molecule has 0 spiro atoms. The standard InChI is InChI=1S/C8H2Br4F2O6S/c9-1-3(11)6(4(12)2(10)5(1)15)20-7(16)8(13,14)21(17,18)19/h15H,(H,17,18,19)/p-1. The van der Waals surface area contributed by atoms with Crippen molar-refractivity contribution in [2.45, 2.75) is 5.25 Å². The first-order valence-corrected chi connectivity index (χ1v) is 9.00. The lowest BCUT2D eigenvalue weighted by Gasteiger charge is -2.19. The van der Waals surface area contributed by atoms with Crippen LogP contribution in [0.25, 0.3) is 0 Å². The molecule has 0 bridgehead atoms. The van der Waals surface area contributed by atoms with E-state index in [1.165, 1.54) is 0 Å². The summed E-state index contributed by atoms with van der Waals surface area (Å²) in [6.07, 6.45) is 0. The van der Waals surface area contributed by atoms with Crippen molar-refractivity contribution in [3.05, 3.63) is 17.9 Å². The highest BCUT2D eigenvalue weighted by Gasteiger charge is 2.49. The van der Waals surface area contributed by atoms with Crippen LogP contribution < -0.4 is 4.74 Å². The normalized spacial score (nSPS) is 12.3. The van der Waals surface area contributed by atoms with E-state index in [4.69, 9.17) is 0 Å². The van der Waals surface area contributed by atoms with Crippen molar-refractivity contribution in [2.75, 3.05) is 0 Å². The fraction of sp³-hybridized carbons (Fsp3) is 0.125. The van der Waals surface area contributed by atoms with Crippen LogP contribution in [-0.4, -0.2) is 29.3 Å². The minimum Gasteiger partial charge on any atom is -0.743 e. The molecule has 1 rings (SSSR count). The summed E-state index contributed by atoms with van der Waals surface area (Å²) in [7, 11) is -6.24. The molecule has 0 fully saturated rings. The van der Waals surface area contributed by atoms with Gasteiger partial charge in [-0.05, 0) is 63.7 Å². The van der Waals surface area contributed by atoms with Gasteiger partial charge in [0.25, 0.3) is 0 Å². The van der Waals surface area contributed by atoms with Gasteiger partial charge in [0.1, 0.15) is 5.75 Å². The van der Waals surface area contributed by atoms with Crippen LogP contribution in [0.15, 0.2) is 17.9 Å². The number of carbonyl (C=O) groups excluding carboxylic acids is 1. The number of benzene rings is 1. The van der Waals surface area contributed by atoms with E-state index >= 15 is 0 Å². The van der Waals surface area contributed by atoms with Gasteiger partial charge in [-0.1, -0.05) is 0 Å². The second-order valence-corrected chi connectivity index (χ2v) is 7.89. The molecule has 0 aliphatic heterocycles. The Bertz CT molecular complexity index is 691. The van der Waals surface area contributed by atoms with Gasteiger partial charge in [-0.25, -0.2) is 13.2 Å². The van der Waals surface area contributed by atoms with Crippen LogP contribution in [0.4, 0.5) is 8.78 Å². The van der Waals surface area contributed by atoms with Gasteiger partial charge in [-0.15, -0.1) is 0 Å². The Kier molecular flexibility index (Phi) is 5.82. The van der Waals surface area contributed by atoms with Gasteiger partial charge < -0.3 is 14.4 Å². The highest BCUT2D eigenvalue weighted by Crippen LogP contribution is 2.50. The molecule has 1 N–H and O–H groups in total. The Labute approximate surface area is 150 Å². The molecule has 0 aromatic heterocycles. The predicted molar refractivity (Wildman–Crippen MR) is 79.2 cm³/mol. The third-order valence-corrected chi connectivity index (χ3v) is 6.86. The maximum absolute atomic E-state index is 13.1. The van der Waals surface area contributed by atoms with Crippen LogP contribution in [-0.2, 0) is 14.9 Å². The Morgan fingerprint density at radius 1 is 1.10 bits per heavy atom. The molecule has 0 saturated carbocycles. The van der Waals surface area contributed by atoms with E-state index in [1.54, 1.807) is 0 Å². The first-order chi connectivity index (χ1) is 9.32. The number of hydrogen-bond donors (Lipinski definition) is 1. The van der Waals surface area contributed by atoms with Gasteiger partial charge in [-0.2, -0.15) is 8.78 Å². The van der Waals surface area contributed by atoms with Crippen molar-refractivity contribution >= 4 is 79.8 Å². The van der Waals surface area contributed by atoms with E-state index < -0.39 is 27.1 Å². The lowest BCUT2D eigenvalue weighted by molar-refractivity contribution is -0.151. The molecular formula is C8HBr4F2O6S-. The zero-order valence-corrected chi connectivity index (χ0v) is 16.3. The van der Waals surface area contributed by atoms with Gasteiger partial charge in [0.15, 0.2) is 15.9 Å². The van der Waals surface area contributed by atoms with Gasteiger partial charge >= 0.3 is 11.2 Å². The summed E-state index contributed by atoms with van der Waals surface area (Å²) in [5.41, 5.74) is 0. The second kappa shape index (κ2) is 6.35. The topological polar surface area (TPSA) is 104 Å². The summed E-state index contributed by atoms with van der Waals surface area (Å²) in [4.78, 5) is 11.2. The number of ether oxygens (including phenoxy) is 1. The summed E-state index contributed by atoms with van der Waals surface area (Å²) in [5, 5.41) is 4.37. The van der Waals surface area contributed by atoms with Gasteiger partial charge in [0.2, 0.25) is 0 Å². The number of rotatable bonds is 3. The third kappa shape index (κ3) is 3.58. The molecule has 0 aliphatic rings. The highest BCUT2D eigenvalue weighted by molar-refractivity contribution is 9.14. The average Bonchev–Trinajstić information content (AvgIpc) is 2.37. The van der Waals surface area contributed by atoms with Crippen LogP contribution in [0.1, 0.15) is 0 Å². The summed E-state index contributed by atoms with van der Waals surface area (Å²) in [6.45, 7) is 0. The number of hydrogen-bond acceptors (Lipinski definition) is 6. The number of alkyl halides is 2. The van der Waals surface area contributed by atoms with E-state index in [9.17, 15) is 31.7 Å². The first-order valence-electron chi connectivity index (χ1n) is 4.42. The number of halogens is 6. The molecule has 6 nitrogen and oxygen atoms in total. The van der Waals surface area contributed by atoms with Crippen molar-refractivity contribution in [3.8, 4) is 11.5 Å². The zero-order valence-electron chi connectivity index (χ0n) is 9.16. The molecule has 0 saturated heterocycles. The third-order valence-electron chi connectivity index (χ3n) is 1.95. The molecule has 1 aromatic rings. The number of carbonyl (C=O) groups is 1. The van der Waals surface area contributed by atoms with Crippen LogP contribution in [0.2, 0.25) is 0 Å². The van der Waals surface area contributed by atoms with E-state index in [1.807, 2.05) is 0 Å². The Morgan fingerprint density at radius 2 is 1.48 bits per heavy atom. The zero-order chi connectivity index (χ0) is 16.7. The maximum atomic E-state index is 13.1. The molecule has 118 valence electrons. The number of phenolic OH excluding ortho intramolecular Hbond substituents is 1. The van der Waals surface area contributed by atoms with Gasteiger partial charge in [0, 0.05) is 0 Å². The fourth-order valence-corrected chi connectivity index (χ4v) is 3.41. The highest BCUT2D eigenvalue weighted by atomic mass is 79.9. The molecule has 0 amide bonds. The SMILES string of the molecule is O=C(Oc1c(Br)c(Br)c(O)c(Br)c1Br)C(F)(F)S(=O)(=O)[O-]. The van der Waals surface area contributed by atoms with Gasteiger partial charge in [-0.3, -0.25) is 0 Å². The summed E-state index contributed by atoms with van der Waals surface area (Å²) < 4.78 is 61.0. The van der Waals surface area contributed by atoms with Crippen molar-refractivity contribution < 1.29 is 36.4 Å². The van der Waals surface area contributed by atoms with Crippen molar-refractivity contribution in [1.29, 1.82) is 0 Å². The molecule has 1 aromatic carbocycles. The van der Waals surface area contributed by atoms with Crippen molar-refractivity contribution in [3.63, 3.8) is 0 Å². The van der Waals surface area contributed by atoms with Crippen molar-refractivity contribution in [2.24, 2.45) is 0 Å². The smallest absolute Gasteiger partial charge is 0.429 e. The molecule has 0 unspecified atom stereocenters. The Morgan fingerprint density at radius 3 is 1.81 bits per heavy atom. The quantitative estimate of drug-likeness (QED) is 0.253. The van der Waals surface area contributed by atoms with E-state index in [0.29, 0.717) is 0 Å². The molecule has 21 heavy (non-hydrogen) atoms. The minimum absolute atomic E-state index is 0.0614. The average molecular weight is 583 g/mol. The Hall–Kier alpha value is 0.180. The molecule has 13 heteroatoms. The van der Waals surface area contributed by atoms with E-state index in [-0.39, 0.29) is 23.6 Å².